The van der Waals surface area contributed by atoms with Crippen LogP contribution in [-0.4, -0.2) is 25.9 Å². The zero-order valence-corrected chi connectivity index (χ0v) is 12.1. The summed E-state index contributed by atoms with van der Waals surface area (Å²) in [6.07, 6.45) is 1.70. The van der Waals surface area contributed by atoms with E-state index in [0.29, 0.717) is 0 Å². The number of rotatable bonds is 6. The molecule has 0 aliphatic heterocycles. The molecule has 0 aliphatic carbocycles. The summed E-state index contributed by atoms with van der Waals surface area (Å²) in [6, 6.07) is 2.43. The fourth-order valence-corrected chi connectivity index (χ4v) is 2.50. The molecule has 0 aromatic heterocycles. The highest BCUT2D eigenvalue weighted by Gasteiger charge is 2.19. The SMILES string of the molecule is CNC(CCCO)c1c(C)cc(C)c(C)c1OC. The smallest absolute Gasteiger partial charge is 0.127 e. The molecule has 1 aromatic rings. The number of aryl methyl sites for hydroxylation is 2. The van der Waals surface area contributed by atoms with Gasteiger partial charge >= 0.3 is 0 Å². The lowest BCUT2D eigenvalue weighted by Gasteiger charge is -2.24. The fourth-order valence-electron chi connectivity index (χ4n) is 2.50. The number of hydrogen-bond donors (Lipinski definition) is 2. The van der Waals surface area contributed by atoms with E-state index >= 15 is 0 Å². The summed E-state index contributed by atoms with van der Waals surface area (Å²) in [5.74, 6) is 0.977. The Morgan fingerprint density at radius 1 is 1.28 bits per heavy atom. The van der Waals surface area contributed by atoms with Crippen LogP contribution in [0.15, 0.2) is 6.07 Å². The monoisotopic (exact) mass is 251 g/mol. The average molecular weight is 251 g/mol. The van der Waals surface area contributed by atoms with Crippen LogP contribution in [0.25, 0.3) is 0 Å². The van der Waals surface area contributed by atoms with Crippen LogP contribution in [0.3, 0.4) is 0 Å². The average Bonchev–Trinajstić information content (AvgIpc) is 2.36. The Balaban J connectivity index is 3.23. The third-order valence-electron chi connectivity index (χ3n) is 3.59. The van der Waals surface area contributed by atoms with Crippen LogP contribution in [0.1, 0.15) is 41.1 Å². The minimum absolute atomic E-state index is 0.227. The molecular weight excluding hydrogens is 226 g/mol. The number of methoxy groups -OCH3 is 1. The van der Waals surface area contributed by atoms with Gasteiger partial charge in [0.2, 0.25) is 0 Å². The molecule has 3 heteroatoms. The summed E-state index contributed by atoms with van der Waals surface area (Å²) in [5, 5.41) is 12.3. The van der Waals surface area contributed by atoms with Gasteiger partial charge in [-0.05, 0) is 57.4 Å². The lowest BCUT2D eigenvalue weighted by molar-refractivity contribution is 0.275. The van der Waals surface area contributed by atoms with Gasteiger partial charge in [0.15, 0.2) is 0 Å². The van der Waals surface area contributed by atoms with Gasteiger partial charge in [-0.2, -0.15) is 0 Å². The maximum atomic E-state index is 8.99. The number of hydrogen-bond acceptors (Lipinski definition) is 3. The Morgan fingerprint density at radius 2 is 1.94 bits per heavy atom. The number of aliphatic hydroxyl groups excluding tert-OH is 1. The maximum Gasteiger partial charge on any atom is 0.127 e. The molecule has 0 fully saturated rings. The summed E-state index contributed by atoms with van der Waals surface area (Å²) < 4.78 is 5.60. The first-order valence-corrected chi connectivity index (χ1v) is 6.49. The molecule has 0 radical (unpaired) electrons. The lowest BCUT2D eigenvalue weighted by atomic mass is 9.92. The predicted octanol–water partition coefficient (Wildman–Crippen LogP) is 2.65. The van der Waals surface area contributed by atoms with Crippen molar-refractivity contribution in [3.05, 3.63) is 28.3 Å². The van der Waals surface area contributed by atoms with Crippen LogP contribution in [0.4, 0.5) is 0 Å². The summed E-state index contributed by atoms with van der Waals surface area (Å²) >= 11 is 0. The molecule has 2 N–H and O–H groups in total. The van der Waals surface area contributed by atoms with Gasteiger partial charge in [-0.1, -0.05) is 6.07 Å². The Kier molecular flexibility index (Phi) is 5.63. The molecule has 1 unspecified atom stereocenters. The Labute approximate surface area is 110 Å². The molecule has 3 nitrogen and oxygen atoms in total. The van der Waals surface area contributed by atoms with E-state index in [2.05, 4.69) is 32.2 Å². The van der Waals surface area contributed by atoms with E-state index in [0.717, 1.165) is 18.6 Å². The summed E-state index contributed by atoms with van der Waals surface area (Å²) in [6.45, 7) is 6.55. The van der Waals surface area contributed by atoms with Crippen LogP contribution in [-0.2, 0) is 0 Å². The van der Waals surface area contributed by atoms with E-state index in [-0.39, 0.29) is 12.6 Å². The van der Waals surface area contributed by atoms with Crippen molar-refractivity contribution in [3.8, 4) is 5.75 Å². The first-order valence-electron chi connectivity index (χ1n) is 6.49. The van der Waals surface area contributed by atoms with Crippen LogP contribution < -0.4 is 10.1 Å². The minimum Gasteiger partial charge on any atom is -0.496 e. The molecule has 0 aliphatic rings. The Morgan fingerprint density at radius 3 is 2.44 bits per heavy atom. The molecule has 18 heavy (non-hydrogen) atoms. The van der Waals surface area contributed by atoms with Gasteiger partial charge in [-0.3, -0.25) is 0 Å². The van der Waals surface area contributed by atoms with Gasteiger partial charge < -0.3 is 15.2 Å². The first kappa shape index (κ1) is 15.0. The van der Waals surface area contributed by atoms with E-state index < -0.39 is 0 Å². The molecule has 102 valence electrons. The van der Waals surface area contributed by atoms with E-state index in [9.17, 15) is 0 Å². The number of aliphatic hydroxyl groups is 1. The van der Waals surface area contributed by atoms with Crippen molar-refractivity contribution < 1.29 is 9.84 Å². The largest absolute Gasteiger partial charge is 0.496 e. The zero-order valence-electron chi connectivity index (χ0n) is 12.1. The molecule has 1 aromatic carbocycles. The highest BCUT2D eigenvalue weighted by molar-refractivity contribution is 5.51. The topological polar surface area (TPSA) is 41.5 Å². The molecule has 0 saturated carbocycles. The van der Waals surface area contributed by atoms with Gasteiger partial charge in [0, 0.05) is 18.2 Å². The quantitative estimate of drug-likeness (QED) is 0.816. The van der Waals surface area contributed by atoms with E-state index in [1.54, 1.807) is 7.11 Å². The predicted molar refractivity (Wildman–Crippen MR) is 75.3 cm³/mol. The van der Waals surface area contributed by atoms with Gasteiger partial charge in [-0.25, -0.2) is 0 Å². The second-order valence-corrected chi connectivity index (χ2v) is 4.79. The zero-order chi connectivity index (χ0) is 13.7. The lowest BCUT2D eigenvalue weighted by Crippen LogP contribution is -2.19. The van der Waals surface area contributed by atoms with Crippen LogP contribution in [0.5, 0.6) is 5.75 Å². The maximum absolute atomic E-state index is 8.99. The molecule has 0 spiro atoms. The molecule has 0 heterocycles. The van der Waals surface area contributed by atoms with Crippen molar-refractivity contribution in [1.82, 2.24) is 5.32 Å². The third-order valence-corrected chi connectivity index (χ3v) is 3.59. The van der Waals surface area contributed by atoms with Gasteiger partial charge in [-0.15, -0.1) is 0 Å². The van der Waals surface area contributed by atoms with Crippen LogP contribution >= 0.6 is 0 Å². The fraction of sp³-hybridized carbons (Fsp3) is 0.600. The molecule has 1 atom stereocenters. The molecule has 1 rings (SSSR count). The summed E-state index contributed by atoms with van der Waals surface area (Å²) in [4.78, 5) is 0. The van der Waals surface area contributed by atoms with Crippen molar-refractivity contribution in [2.45, 2.75) is 39.7 Å². The highest BCUT2D eigenvalue weighted by Crippen LogP contribution is 2.35. The Hall–Kier alpha value is -1.06. The van der Waals surface area contributed by atoms with Crippen LogP contribution in [0.2, 0.25) is 0 Å². The molecule has 0 saturated heterocycles. The minimum atomic E-state index is 0.227. The van der Waals surface area contributed by atoms with Crippen LogP contribution in [0, 0.1) is 20.8 Å². The van der Waals surface area contributed by atoms with Gasteiger partial charge in [0.1, 0.15) is 5.75 Å². The second kappa shape index (κ2) is 6.76. The second-order valence-electron chi connectivity index (χ2n) is 4.79. The third kappa shape index (κ3) is 3.03. The van der Waals surface area contributed by atoms with Crippen molar-refractivity contribution in [2.75, 3.05) is 20.8 Å². The van der Waals surface area contributed by atoms with E-state index in [1.165, 1.54) is 22.3 Å². The normalized spacial score (nSPS) is 12.6. The summed E-state index contributed by atoms with van der Waals surface area (Å²) in [5.41, 5.74) is 4.91. The standard InChI is InChI=1S/C15H25NO2/c1-10-9-11(2)14(15(18-5)12(10)3)13(16-4)7-6-8-17/h9,13,16-17H,6-8H2,1-5H3. The van der Waals surface area contributed by atoms with Gasteiger partial charge in [0.25, 0.3) is 0 Å². The number of nitrogens with one attached hydrogen (secondary N) is 1. The number of ether oxygens (including phenoxy) is 1. The Bertz CT molecular complexity index is 402. The highest BCUT2D eigenvalue weighted by atomic mass is 16.5. The molecule has 0 bridgehead atoms. The number of benzene rings is 1. The van der Waals surface area contributed by atoms with Crippen molar-refractivity contribution in [2.24, 2.45) is 0 Å². The van der Waals surface area contributed by atoms with Gasteiger partial charge in [0.05, 0.1) is 7.11 Å². The van der Waals surface area contributed by atoms with Crippen molar-refractivity contribution >= 4 is 0 Å². The summed E-state index contributed by atoms with van der Waals surface area (Å²) in [7, 11) is 3.68. The van der Waals surface area contributed by atoms with E-state index in [1.807, 2.05) is 7.05 Å². The van der Waals surface area contributed by atoms with Crippen molar-refractivity contribution in [1.29, 1.82) is 0 Å². The van der Waals surface area contributed by atoms with Crippen molar-refractivity contribution in [3.63, 3.8) is 0 Å². The van der Waals surface area contributed by atoms with E-state index in [4.69, 9.17) is 9.84 Å². The molecule has 0 amide bonds. The first-order chi connectivity index (χ1) is 8.56. The molecular formula is C15H25NO2.